The summed E-state index contributed by atoms with van der Waals surface area (Å²) in [6.07, 6.45) is 3.50. The third-order valence-electron chi connectivity index (χ3n) is 2.88. The summed E-state index contributed by atoms with van der Waals surface area (Å²) in [5.74, 6) is 0.0341. The van der Waals surface area contributed by atoms with Crippen molar-refractivity contribution in [1.82, 2.24) is 15.2 Å². The highest BCUT2D eigenvalue weighted by molar-refractivity contribution is 5.78. The van der Waals surface area contributed by atoms with E-state index >= 15 is 0 Å². The second-order valence-corrected chi connectivity index (χ2v) is 4.05. The van der Waals surface area contributed by atoms with Crippen LogP contribution in [-0.2, 0) is 4.79 Å². The molecule has 3 N–H and O–H groups in total. The van der Waals surface area contributed by atoms with Crippen LogP contribution in [0.3, 0.4) is 0 Å². The number of carbonyl (C=O) groups excluding carboxylic acids is 1. The zero-order valence-electron chi connectivity index (χ0n) is 11.1. The molecule has 1 amide bonds. The average molecular weight is 250 g/mol. The maximum atomic E-state index is 11.7. The third-order valence-corrected chi connectivity index (χ3v) is 2.88. The highest BCUT2D eigenvalue weighted by atomic mass is 16.2. The first-order valence-corrected chi connectivity index (χ1v) is 6.33. The van der Waals surface area contributed by atoms with Crippen molar-refractivity contribution in [2.75, 3.05) is 26.2 Å². The fourth-order valence-corrected chi connectivity index (χ4v) is 1.96. The Morgan fingerprint density at radius 2 is 2.11 bits per heavy atom. The van der Waals surface area contributed by atoms with Gasteiger partial charge in [0.25, 0.3) is 0 Å². The standard InChI is InChI=1S/C13H22N4O/c1-3-16-13(18)10-17(4-2)12(9-14)11-5-7-15-8-6-11/h5-8,12H,3-4,9-10,14H2,1-2H3,(H,16,18). The smallest absolute Gasteiger partial charge is 0.234 e. The number of rotatable bonds is 7. The Labute approximate surface area is 108 Å². The monoisotopic (exact) mass is 250 g/mol. The number of hydrogen-bond acceptors (Lipinski definition) is 4. The molecule has 1 aromatic heterocycles. The predicted octanol–water partition coefficient (Wildman–Crippen LogP) is 0.539. The van der Waals surface area contributed by atoms with Crippen molar-refractivity contribution in [3.8, 4) is 0 Å². The summed E-state index contributed by atoms with van der Waals surface area (Å²) in [4.78, 5) is 17.7. The van der Waals surface area contributed by atoms with Gasteiger partial charge in [0.05, 0.1) is 6.54 Å². The summed E-state index contributed by atoms with van der Waals surface area (Å²) in [6.45, 7) is 6.23. The van der Waals surface area contributed by atoms with Gasteiger partial charge in [-0.3, -0.25) is 14.7 Å². The zero-order chi connectivity index (χ0) is 13.4. The van der Waals surface area contributed by atoms with Crippen molar-refractivity contribution >= 4 is 5.91 Å². The Bertz CT molecular complexity index is 355. The minimum atomic E-state index is 0.0341. The van der Waals surface area contributed by atoms with Crippen LogP contribution in [0.25, 0.3) is 0 Å². The van der Waals surface area contributed by atoms with Crippen molar-refractivity contribution in [3.05, 3.63) is 30.1 Å². The molecule has 0 aliphatic rings. The SMILES string of the molecule is CCNC(=O)CN(CC)C(CN)c1ccncc1. The molecule has 100 valence electrons. The van der Waals surface area contributed by atoms with Crippen LogP contribution in [0.5, 0.6) is 0 Å². The van der Waals surface area contributed by atoms with E-state index in [9.17, 15) is 4.79 Å². The van der Waals surface area contributed by atoms with Gasteiger partial charge in [0.2, 0.25) is 5.91 Å². The average Bonchev–Trinajstić information content (AvgIpc) is 2.40. The van der Waals surface area contributed by atoms with Gasteiger partial charge in [0, 0.05) is 31.5 Å². The molecule has 18 heavy (non-hydrogen) atoms. The number of carbonyl (C=O) groups is 1. The summed E-state index contributed by atoms with van der Waals surface area (Å²) >= 11 is 0. The Kier molecular flexibility index (Phi) is 6.32. The molecule has 0 fully saturated rings. The van der Waals surface area contributed by atoms with E-state index < -0.39 is 0 Å². The summed E-state index contributed by atoms with van der Waals surface area (Å²) in [5.41, 5.74) is 6.93. The van der Waals surface area contributed by atoms with E-state index in [2.05, 4.69) is 15.2 Å². The number of likely N-dealkylation sites (N-methyl/N-ethyl adjacent to an activating group) is 2. The Balaban J connectivity index is 2.75. The van der Waals surface area contributed by atoms with E-state index in [0.717, 1.165) is 12.1 Å². The first-order chi connectivity index (χ1) is 8.72. The fourth-order valence-electron chi connectivity index (χ4n) is 1.96. The van der Waals surface area contributed by atoms with Crippen LogP contribution >= 0.6 is 0 Å². The number of nitrogens with zero attached hydrogens (tertiary/aromatic N) is 2. The summed E-state index contributed by atoms with van der Waals surface area (Å²) in [7, 11) is 0. The number of nitrogens with one attached hydrogen (secondary N) is 1. The van der Waals surface area contributed by atoms with Crippen LogP contribution in [0.15, 0.2) is 24.5 Å². The molecule has 1 unspecified atom stereocenters. The van der Waals surface area contributed by atoms with Gasteiger partial charge in [-0.1, -0.05) is 6.92 Å². The maximum absolute atomic E-state index is 11.7. The normalized spacial score (nSPS) is 12.4. The number of amides is 1. The summed E-state index contributed by atoms with van der Waals surface area (Å²) < 4.78 is 0. The van der Waals surface area contributed by atoms with Crippen LogP contribution in [0.1, 0.15) is 25.5 Å². The maximum Gasteiger partial charge on any atom is 0.234 e. The van der Waals surface area contributed by atoms with E-state index in [1.54, 1.807) is 12.4 Å². The summed E-state index contributed by atoms with van der Waals surface area (Å²) in [6, 6.07) is 3.94. The molecule has 0 aromatic carbocycles. The molecule has 0 saturated heterocycles. The molecule has 0 aliphatic carbocycles. The molecule has 0 aliphatic heterocycles. The van der Waals surface area contributed by atoms with Crippen molar-refractivity contribution in [1.29, 1.82) is 0 Å². The van der Waals surface area contributed by atoms with Gasteiger partial charge in [0.15, 0.2) is 0 Å². The predicted molar refractivity (Wildman–Crippen MR) is 72.0 cm³/mol. The Morgan fingerprint density at radius 1 is 1.44 bits per heavy atom. The van der Waals surface area contributed by atoms with Crippen LogP contribution in [0.4, 0.5) is 0 Å². The molecule has 5 nitrogen and oxygen atoms in total. The van der Waals surface area contributed by atoms with Gasteiger partial charge in [0.1, 0.15) is 0 Å². The van der Waals surface area contributed by atoms with Gasteiger partial charge in [-0.15, -0.1) is 0 Å². The van der Waals surface area contributed by atoms with Crippen molar-refractivity contribution in [2.24, 2.45) is 5.73 Å². The quantitative estimate of drug-likeness (QED) is 0.741. The van der Waals surface area contributed by atoms with Crippen LogP contribution in [-0.4, -0.2) is 42.0 Å². The van der Waals surface area contributed by atoms with Crippen molar-refractivity contribution in [3.63, 3.8) is 0 Å². The first kappa shape index (κ1) is 14.6. The molecule has 1 atom stereocenters. The minimum Gasteiger partial charge on any atom is -0.355 e. The fraction of sp³-hybridized carbons (Fsp3) is 0.538. The lowest BCUT2D eigenvalue weighted by Crippen LogP contribution is -2.41. The minimum absolute atomic E-state index is 0.0341. The highest BCUT2D eigenvalue weighted by Crippen LogP contribution is 2.18. The van der Waals surface area contributed by atoms with Gasteiger partial charge in [-0.05, 0) is 31.2 Å². The van der Waals surface area contributed by atoms with Crippen LogP contribution in [0.2, 0.25) is 0 Å². The largest absolute Gasteiger partial charge is 0.355 e. The van der Waals surface area contributed by atoms with Gasteiger partial charge in [-0.25, -0.2) is 0 Å². The second kappa shape index (κ2) is 7.79. The first-order valence-electron chi connectivity index (χ1n) is 6.33. The van der Waals surface area contributed by atoms with Crippen molar-refractivity contribution < 1.29 is 4.79 Å². The lowest BCUT2D eigenvalue weighted by molar-refractivity contribution is -0.122. The van der Waals surface area contributed by atoms with Crippen LogP contribution in [0, 0.1) is 0 Å². The summed E-state index contributed by atoms with van der Waals surface area (Å²) in [5, 5.41) is 2.81. The number of nitrogens with two attached hydrogens (primary N) is 1. The van der Waals surface area contributed by atoms with Gasteiger partial charge in [-0.2, -0.15) is 0 Å². The van der Waals surface area contributed by atoms with E-state index in [1.807, 2.05) is 26.0 Å². The molecule has 1 heterocycles. The lowest BCUT2D eigenvalue weighted by Gasteiger charge is -2.29. The van der Waals surface area contributed by atoms with Crippen LogP contribution < -0.4 is 11.1 Å². The van der Waals surface area contributed by atoms with Gasteiger partial charge >= 0.3 is 0 Å². The molecular formula is C13H22N4O. The molecule has 0 spiro atoms. The number of aromatic nitrogens is 1. The lowest BCUT2D eigenvalue weighted by atomic mass is 10.1. The number of pyridine rings is 1. The molecule has 0 saturated carbocycles. The second-order valence-electron chi connectivity index (χ2n) is 4.05. The zero-order valence-corrected chi connectivity index (χ0v) is 11.1. The topological polar surface area (TPSA) is 71.2 Å². The van der Waals surface area contributed by atoms with E-state index in [0.29, 0.717) is 19.6 Å². The Hall–Kier alpha value is -1.46. The van der Waals surface area contributed by atoms with E-state index in [-0.39, 0.29) is 11.9 Å². The molecule has 5 heteroatoms. The Morgan fingerprint density at radius 3 is 2.61 bits per heavy atom. The van der Waals surface area contributed by atoms with Gasteiger partial charge < -0.3 is 11.1 Å². The molecule has 1 rings (SSSR count). The molecule has 0 radical (unpaired) electrons. The highest BCUT2D eigenvalue weighted by Gasteiger charge is 2.19. The van der Waals surface area contributed by atoms with E-state index in [4.69, 9.17) is 5.73 Å². The number of hydrogen-bond donors (Lipinski definition) is 2. The molecule has 1 aromatic rings. The van der Waals surface area contributed by atoms with Crippen molar-refractivity contribution in [2.45, 2.75) is 19.9 Å². The molecular weight excluding hydrogens is 228 g/mol. The third kappa shape index (κ3) is 4.09. The molecule has 0 bridgehead atoms. The van der Waals surface area contributed by atoms with E-state index in [1.165, 1.54) is 0 Å².